The second-order valence-corrected chi connectivity index (χ2v) is 8.74. The minimum absolute atomic E-state index is 0.0260. The number of phenolic OH excluding ortho intramolecular Hbond substituents is 1. The number of anilines is 1. The van der Waals surface area contributed by atoms with Gasteiger partial charge in [-0.15, -0.1) is 0 Å². The highest BCUT2D eigenvalue weighted by Crippen LogP contribution is 2.36. The normalized spacial score (nSPS) is 19.3. The van der Waals surface area contributed by atoms with Crippen LogP contribution < -0.4 is 15.2 Å². The van der Waals surface area contributed by atoms with E-state index in [-0.39, 0.29) is 21.4 Å². The molecule has 1 unspecified atom stereocenters. The summed E-state index contributed by atoms with van der Waals surface area (Å²) in [5.74, 6) is -0.0260. The van der Waals surface area contributed by atoms with Gasteiger partial charge < -0.3 is 10.4 Å². The van der Waals surface area contributed by atoms with E-state index < -0.39 is 31.1 Å². The zero-order valence-corrected chi connectivity index (χ0v) is 14.3. The monoisotopic (exact) mass is 389 g/mol. The van der Waals surface area contributed by atoms with E-state index in [1.807, 2.05) is 0 Å². The van der Waals surface area contributed by atoms with E-state index in [0.29, 0.717) is 5.56 Å². The molecule has 0 aliphatic carbocycles. The Labute approximate surface area is 143 Å². The van der Waals surface area contributed by atoms with Crippen molar-refractivity contribution in [3.8, 4) is 5.75 Å². The molecule has 0 amide bonds. The van der Waals surface area contributed by atoms with E-state index in [1.54, 1.807) is 12.1 Å². The second-order valence-electron chi connectivity index (χ2n) is 5.12. The highest BCUT2D eigenvalue weighted by Gasteiger charge is 2.32. The van der Waals surface area contributed by atoms with Crippen LogP contribution in [0.15, 0.2) is 46.2 Å². The number of aromatic hydroxyl groups is 1. The lowest BCUT2D eigenvalue weighted by atomic mass is 10.1. The van der Waals surface area contributed by atoms with E-state index in [1.165, 1.54) is 18.2 Å². The maximum Gasteiger partial charge on any atom is 0.244 e. The Hall–Kier alpha value is -1.85. The van der Waals surface area contributed by atoms with Crippen LogP contribution in [0.5, 0.6) is 5.75 Å². The Morgan fingerprint density at radius 1 is 1.21 bits per heavy atom. The summed E-state index contributed by atoms with van der Waals surface area (Å²) in [5, 5.41) is 17.3. The lowest BCUT2D eigenvalue weighted by Crippen LogP contribution is -2.38. The Morgan fingerprint density at radius 2 is 1.92 bits per heavy atom. The average Bonchev–Trinajstić information content (AvgIpc) is 2.44. The van der Waals surface area contributed by atoms with Gasteiger partial charge in [-0.25, -0.2) is 22.0 Å². The molecule has 128 valence electrons. The van der Waals surface area contributed by atoms with Crippen LogP contribution >= 0.6 is 11.6 Å². The summed E-state index contributed by atoms with van der Waals surface area (Å²) in [6.45, 7) is 0. The molecule has 2 aromatic rings. The Kier molecular flexibility index (Phi) is 3.97. The van der Waals surface area contributed by atoms with E-state index in [4.69, 9.17) is 16.7 Å². The van der Waals surface area contributed by atoms with E-state index >= 15 is 0 Å². The number of sulfonamides is 2. The first kappa shape index (κ1) is 17.0. The number of hydrogen-bond donors (Lipinski definition) is 4. The molecule has 2 aromatic carbocycles. The Morgan fingerprint density at radius 3 is 2.54 bits per heavy atom. The quantitative estimate of drug-likeness (QED) is 0.606. The van der Waals surface area contributed by atoms with Gasteiger partial charge in [-0.05, 0) is 29.8 Å². The molecule has 11 heteroatoms. The predicted octanol–water partition coefficient (Wildman–Crippen LogP) is 1.10. The van der Waals surface area contributed by atoms with Crippen molar-refractivity contribution in [2.75, 3.05) is 5.32 Å². The summed E-state index contributed by atoms with van der Waals surface area (Å²) in [6, 6.07) is 8.11. The summed E-state index contributed by atoms with van der Waals surface area (Å²) in [7, 11) is -8.20. The third-order valence-electron chi connectivity index (χ3n) is 3.41. The lowest BCUT2D eigenvalue weighted by molar-refractivity contribution is 0.473. The molecule has 0 saturated heterocycles. The number of halogens is 1. The number of rotatable bonds is 2. The third-order valence-corrected chi connectivity index (χ3v) is 6.24. The van der Waals surface area contributed by atoms with Gasteiger partial charge in [0.2, 0.25) is 20.0 Å². The van der Waals surface area contributed by atoms with Crippen molar-refractivity contribution in [2.24, 2.45) is 5.14 Å². The molecule has 0 aromatic heterocycles. The largest absolute Gasteiger partial charge is 0.508 e. The molecule has 1 aliphatic heterocycles. The minimum atomic E-state index is -4.17. The number of primary sulfonamides is 1. The highest BCUT2D eigenvalue weighted by atomic mass is 35.5. The van der Waals surface area contributed by atoms with Crippen molar-refractivity contribution in [2.45, 2.75) is 16.0 Å². The van der Waals surface area contributed by atoms with Crippen molar-refractivity contribution in [3.63, 3.8) is 0 Å². The van der Waals surface area contributed by atoms with E-state index in [9.17, 15) is 21.9 Å². The predicted molar refractivity (Wildman–Crippen MR) is 87.6 cm³/mol. The lowest BCUT2D eigenvalue weighted by Gasteiger charge is -2.29. The molecule has 24 heavy (non-hydrogen) atoms. The van der Waals surface area contributed by atoms with Crippen molar-refractivity contribution >= 4 is 37.3 Å². The summed E-state index contributed by atoms with van der Waals surface area (Å²) >= 11 is 5.90. The molecular weight excluding hydrogens is 378 g/mol. The molecule has 0 fully saturated rings. The van der Waals surface area contributed by atoms with Gasteiger partial charge in [0.05, 0.1) is 10.7 Å². The minimum Gasteiger partial charge on any atom is -0.508 e. The van der Waals surface area contributed by atoms with Crippen molar-refractivity contribution in [1.29, 1.82) is 0 Å². The fraction of sp³-hybridized carbons (Fsp3) is 0.0769. The molecule has 0 spiro atoms. The van der Waals surface area contributed by atoms with Crippen LogP contribution in [-0.2, 0) is 20.0 Å². The molecule has 1 heterocycles. The highest BCUT2D eigenvalue weighted by molar-refractivity contribution is 7.90. The van der Waals surface area contributed by atoms with Gasteiger partial charge >= 0.3 is 0 Å². The van der Waals surface area contributed by atoms with Crippen LogP contribution in [-0.4, -0.2) is 21.9 Å². The first-order valence-corrected chi connectivity index (χ1v) is 9.93. The van der Waals surface area contributed by atoms with Gasteiger partial charge in [-0.1, -0.05) is 23.7 Å². The summed E-state index contributed by atoms with van der Waals surface area (Å²) < 4.78 is 50.2. The number of hydrogen-bond acceptors (Lipinski definition) is 6. The third kappa shape index (κ3) is 3.06. The summed E-state index contributed by atoms with van der Waals surface area (Å²) in [6.07, 6.45) is -0.856. The molecule has 0 radical (unpaired) electrons. The van der Waals surface area contributed by atoms with E-state index in [0.717, 1.165) is 6.07 Å². The fourth-order valence-corrected chi connectivity index (χ4v) is 4.83. The second kappa shape index (κ2) is 5.60. The number of nitrogens with one attached hydrogen (secondary N) is 2. The topological polar surface area (TPSA) is 139 Å². The zero-order chi connectivity index (χ0) is 17.7. The number of fused-ring (bicyclic) bond motifs is 1. The molecule has 0 saturated carbocycles. The van der Waals surface area contributed by atoms with Gasteiger partial charge in [0.1, 0.15) is 21.7 Å². The maximum atomic E-state index is 12.4. The molecule has 5 N–H and O–H groups in total. The molecule has 8 nitrogen and oxygen atoms in total. The van der Waals surface area contributed by atoms with Crippen LogP contribution in [0, 0.1) is 0 Å². The fourth-order valence-electron chi connectivity index (χ4n) is 2.35. The SMILES string of the molecule is NS(=O)(=O)c1cc2c(cc1Cl)NC(c1cccc(O)c1)NS2(=O)=O. The van der Waals surface area contributed by atoms with Gasteiger partial charge in [-0.3, -0.25) is 0 Å². The standard InChI is InChI=1S/C13H12ClN3O5S2/c14-9-5-10-12(6-11(9)23(15,19)20)24(21,22)17-13(16-10)7-2-1-3-8(18)4-7/h1-6,13,16-18H,(H2,15,19,20). The summed E-state index contributed by atoms with van der Waals surface area (Å²) in [5.41, 5.74) is 0.593. The number of nitrogens with two attached hydrogens (primary N) is 1. The Balaban J connectivity index is 2.14. The van der Waals surface area contributed by atoms with Crippen molar-refractivity contribution in [1.82, 2.24) is 4.72 Å². The van der Waals surface area contributed by atoms with Crippen LogP contribution in [0.3, 0.4) is 0 Å². The van der Waals surface area contributed by atoms with Gasteiger partial charge in [0.25, 0.3) is 0 Å². The van der Waals surface area contributed by atoms with Crippen LogP contribution in [0.1, 0.15) is 11.7 Å². The van der Waals surface area contributed by atoms with Crippen molar-refractivity contribution in [3.05, 3.63) is 47.0 Å². The van der Waals surface area contributed by atoms with Gasteiger partial charge in [0, 0.05) is 0 Å². The smallest absolute Gasteiger partial charge is 0.244 e. The molecule has 0 bridgehead atoms. The van der Waals surface area contributed by atoms with E-state index in [2.05, 4.69) is 10.0 Å². The molecular formula is C13H12ClN3O5S2. The number of benzene rings is 2. The maximum absolute atomic E-state index is 12.4. The molecule has 3 rings (SSSR count). The summed E-state index contributed by atoms with van der Waals surface area (Å²) in [4.78, 5) is -0.766. The average molecular weight is 390 g/mol. The van der Waals surface area contributed by atoms with Crippen LogP contribution in [0.25, 0.3) is 0 Å². The van der Waals surface area contributed by atoms with Crippen LogP contribution in [0.2, 0.25) is 5.02 Å². The molecule has 1 atom stereocenters. The first-order chi connectivity index (χ1) is 11.1. The number of phenols is 1. The van der Waals surface area contributed by atoms with Crippen molar-refractivity contribution < 1.29 is 21.9 Å². The van der Waals surface area contributed by atoms with Gasteiger partial charge in [-0.2, -0.15) is 4.72 Å². The first-order valence-electron chi connectivity index (χ1n) is 6.52. The van der Waals surface area contributed by atoms with Crippen LogP contribution in [0.4, 0.5) is 5.69 Å². The zero-order valence-electron chi connectivity index (χ0n) is 11.9. The molecule has 1 aliphatic rings. The Bertz CT molecular complexity index is 1040. The van der Waals surface area contributed by atoms with Gasteiger partial charge in [0.15, 0.2) is 0 Å².